The van der Waals surface area contributed by atoms with Gasteiger partial charge in [0.05, 0.1) is 28.3 Å². The maximum Gasteiger partial charge on any atom is 0.338 e. The van der Waals surface area contributed by atoms with Crippen molar-refractivity contribution in [2.45, 2.75) is 13.8 Å². The molecule has 3 aromatic rings. The van der Waals surface area contributed by atoms with Gasteiger partial charge in [0, 0.05) is 10.3 Å². The maximum absolute atomic E-state index is 12.2. The Balaban J connectivity index is 2.21. The molecule has 21 heavy (non-hydrogen) atoms. The first-order valence-electron chi connectivity index (χ1n) is 6.82. The van der Waals surface area contributed by atoms with Gasteiger partial charge in [0.1, 0.15) is 0 Å². The lowest BCUT2D eigenvalue weighted by molar-refractivity contribution is 0.0528. The molecule has 0 saturated heterocycles. The van der Waals surface area contributed by atoms with Crippen molar-refractivity contribution in [3.05, 3.63) is 52.9 Å². The smallest absolute Gasteiger partial charge is 0.338 e. The van der Waals surface area contributed by atoms with Gasteiger partial charge >= 0.3 is 5.97 Å². The van der Waals surface area contributed by atoms with E-state index in [2.05, 4.69) is 18.0 Å². The summed E-state index contributed by atoms with van der Waals surface area (Å²) in [6, 6.07) is 13.6. The molecule has 0 spiro atoms. The molecule has 0 aliphatic carbocycles. The maximum atomic E-state index is 12.2. The number of rotatable bonds is 3. The summed E-state index contributed by atoms with van der Waals surface area (Å²) >= 11 is 1.67. The van der Waals surface area contributed by atoms with E-state index >= 15 is 0 Å². The Bertz CT molecular complexity index is 807. The minimum absolute atomic E-state index is 0.300. The van der Waals surface area contributed by atoms with Crippen LogP contribution in [0, 0.1) is 6.92 Å². The Morgan fingerprint density at radius 3 is 2.76 bits per heavy atom. The molecule has 3 nitrogen and oxygen atoms in total. The predicted octanol–water partition coefficient (Wildman–Crippen LogP) is 4.45. The second-order valence-electron chi connectivity index (χ2n) is 4.70. The second kappa shape index (κ2) is 5.66. The van der Waals surface area contributed by atoms with Gasteiger partial charge in [-0.05, 0) is 38.1 Å². The summed E-state index contributed by atoms with van der Waals surface area (Å²) in [5.74, 6) is -0.300. The topological polar surface area (TPSA) is 39.2 Å². The van der Waals surface area contributed by atoms with Crippen LogP contribution in [-0.4, -0.2) is 17.6 Å². The SMILES string of the molecule is CCOC(=O)c1cc(-c2ccc(C)s2)nc2ccccc12. The van der Waals surface area contributed by atoms with Crippen LogP contribution in [0.1, 0.15) is 22.2 Å². The molecule has 0 bridgehead atoms. The van der Waals surface area contributed by atoms with Crippen molar-refractivity contribution < 1.29 is 9.53 Å². The zero-order valence-electron chi connectivity index (χ0n) is 11.9. The number of pyridine rings is 1. The minimum Gasteiger partial charge on any atom is -0.462 e. The van der Waals surface area contributed by atoms with Gasteiger partial charge in [0.2, 0.25) is 0 Å². The molecular formula is C17H15NO2S. The number of hydrogen-bond donors (Lipinski definition) is 0. The lowest BCUT2D eigenvalue weighted by atomic mass is 10.1. The Labute approximate surface area is 127 Å². The highest BCUT2D eigenvalue weighted by Gasteiger charge is 2.15. The molecule has 3 rings (SSSR count). The van der Waals surface area contributed by atoms with E-state index in [1.165, 1.54) is 4.88 Å². The van der Waals surface area contributed by atoms with Crippen LogP contribution in [-0.2, 0) is 4.74 Å². The molecule has 106 valence electrons. The summed E-state index contributed by atoms with van der Waals surface area (Å²) in [5, 5.41) is 0.827. The third-order valence-electron chi connectivity index (χ3n) is 3.20. The van der Waals surface area contributed by atoms with Gasteiger partial charge in [-0.25, -0.2) is 9.78 Å². The Hall–Kier alpha value is -2.20. The number of esters is 1. The molecule has 0 atom stereocenters. The van der Waals surface area contributed by atoms with Gasteiger partial charge in [0.25, 0.3) is 0 Å². The normalized spacial score (nSPS) is 10.8. The summed E-state index contributed by atoms with van der Waals surface area (Å²) in [6.07, 6.45) is 0. The average molecular weight is 297 g/mol. The average Bonchev–Trinajstić information content (AvgIpc) is 2.93. The van der Waals surface area contributed by atoms with Crippen molar-refractivity contribution in [3.8, 4) is 10.6 Å². The van der Waals surface area contributed by atoms with E-state index in [-0.39, 0.29) is 5.97 Å². The molecule has 2 aromatic heterocycles. The quantitative estimate of drug-likeness (QED) is 0.670. The van der Waals surface area contributed by atoms with Crippen molar-refractivity contribution >= 4 is 28.2 Å². The standard InChI is InChI=1S/C17H15NO2S/c1-3-20-17(19)13-10-15(16-9-8-11(2)21-16)18-14-7-5-4-6-12(13)14/h4-10H,3H2,1-2H3. The summed E-state index contributed by atoms with van der Waals surface area (Å²) in [7, 11) is 0. The molecule has 0 radical (unpaired) electrons. The number of para-hydroxylation sites is 1. The first kappa shape index (κ1) is 13.8. The van der Waals surface area contributed by atoms with E-state index in [1.54, 1.807) is 11.3 Å². The lowest BCUT2D eigenvalue weighted by Crippen LogP contribution is -2.06. The highest BCUT2D eigenvalue weighted by molar-refractivity contribution is 7.15. The first-order chi connectivity index (χ1) is 10.2. The summed E-state index contributed by atoms with van der Waals surface area (Å²) < 4.78 is 5.17. The number of ether oxygens (including phenoxy) is 1. The van der Waals surface area contributed by atoms with Crippen LogP contribution in [0.3, 0.4) is 0 Å². The fourth-order valence-corrected chi connectivity index (χ4v) is 3.08. The highest BCUT2D eigenvalue weighted by Crippen LogP contribution is 2.30. The Morgan fingerprint density at radius 1 is 1.24 bits per heavy atom. The fraction of sp³-hybridized carbons (Fsp3) is 0.176. The van der Waals surface area contributed by atoms with Gasteiger partial charge in [-0.1, -0.05) is 18.2 Å². The largest absolute Gasteiger partial charge is 0.462 e. The van der Waals surface area contributed by atoms with E-state index in [0.29, 0.717) is 12.2 Å². The van der Waals surface area contributed by atoms with E-state index in [0.717, 1.165) is 21.5 Å². The molecule has 1 aromatic carbocycles. The Kier molecular flexibility index (Phi) is 3.71. The summed E-state index contributed by atoms with van der Waals surface area (Å²) in [5.41, 5.74) is 2.20. The highest BCUT2D eigenvalue weighted by atomic mass is 32.1. The number of aryl methyl sites for hydroxylation is 1. The van der Waals surface area contributed by atoms with Crippen LogP contribution >= 0.6 is 11.3 Å². The molecule has 0 amide bonds. The van der Waals surface area contributed by atoms with Crippen LogP contribution in [0.15, 0.2) is 42.5 Å². The number of thiophene rings is 1. The van der Waals surface area contributed by atoms with Crippen molar-refractivity contribution in [2.24, 2.45) is 0 Å². The number of nitrogens with zero attached hydrogens (tertiary/aromatic N) is 1. The van der Waals surface area contributed by atoms with Crippen molar-refractivity contribution in [2.75, 3.05) is 6.61 Å². The minimum atomic E-state index is -0.300. The Morgan fingerprint density at radius 2 is 2.05 bits per heavy atom. The molecule has 4 heteroatoms. The zero-order chi connectivity index (χ0) is 14.8. The third-order valence-corrected chi connectivity index (χ3v) is 4.23. The van der Waals surface area contributed by atoms with E-state index in [9.17, 15) is 4.79 Å². The molecule has 0 aliphatic heterocycles. The fourth-order valence-electron chi connectivity index (χ4n) is 2.25. The number of hydrogen-bond acceptors (Lipinski definition) is 4. The van der Waals surface area contributed by atoms with Crippen LogP contribution in [0.5, 0.6) is 0 Å². The third kappa shape index (κ3) is 2.67. The van der Waals surface area contributed by atoms with Crippen molar-refractivity contribution in [1.82, 2.24) is 4.98 Å². The lowest BCUT2D eigenvalue weighted by Gasteiger charge is -2.08. The van der Waals surface area contributed by atoms with Gasteiger partial charge in [0.15, 0.2) is 0 Å². The van der Waals surface area contributed by atoms with E-state index < -0.39 is 0 Å². The summed E-state index contributed by atoms with van der Waals surface area (Å²) in [6.45, 7) is 4.23. The second-order valence-corrected chi connectivity index (χ2v) is 5.99. The van der Waals surface area contributed by atoms with Crippen molar-refractivity contribution in [3.63, 3.8) is 0 Å². The van der Waals surface area contributed by atoms with E-state index in [4.69, 9.17) is 4.74 Å². The molecular weight excluding hydrogens is 282 g/mol. The van der Waals surface area contributed by atoms with Gasteiger partial charge < -0.3 is 4.74 Å². The predicted molar refractivity (Wildman–Crippen MR) is 85.7 cm³/mol. The van der Waals surface area contributed by atoms with Crippen LogP contribution in [0.25, 0.3) is 21.5 Å². The molecule has 0 unspecified atom stereocenters. The van der Waals surface area contributed by atoms with Gasteiger partial charge in [-0.15, -0.1) is 11.3 Å². The molecule has 2 heterocycles. The number of aromatic nitrogens is 1. The zero-order valence-corrected chi connectivity index (χ0v) is 12.7. The number of benzene rings is 1. The molecule has 0 aliphatic rings. The van der Waals surface area contributed by atoms with Gasteiger partial charge in [-0.2, -0.15) is 0 Å². The first-order valence-corrected chi connectivity index (χ1v) is 7.64. The van der Waals surface area contributed by atoms with Gasteiger partial charge in [-0.3, -0.25) is 0 Å². The number of carbonyl (C=O) groups excluding carboxylic acids is 1. The number of fused-ring (bicyclic) bond motifs is 1. The summed E-state index contributed by atoms with van der Waals surface area (Å²) in [4.78, 5) is 19.1. The monoisotopic (exact) mass is 297 g/mol. The molecule has 0 N–H and O–H groups in total. The van der Waals surface area contributed by atoms with E-state index in [1.807, 2.05) is 43.3 Å². The number of carbonyl (C=O) groups is 1. The van der Waals surface area contributed by atoms with Crippen LogP contribution < -0.4 is 0 Å². The van der Waals surface area contributed by atoms with Crippen LogP contribution in [0.2, 0.25) is 0 Å². The van der Waals surface area contributed by atoms with Crippen LogP contribution in [0.4, 0.5) is 0 Å². The molecule has 0 fully saturated rings. The molecule has 0 saturated carbocycles. The van der Waals surface area contributed by atoms with Crippen molar-refractivity contribution in [1.29, 1.82) is 0 Å².